The van der Waals surface area contributed by atoms with Gasteiger partial charge in [-0.25, -0.2) is 4.79 Å². The van der Waals surface area contributed by atoms with E-state index in [-0.39, 0.29) is 13.2 Å². The average molecular weight is 249 g/mol. The molecule has 18 heavy (non-hydrogen) atoms. The molecule has 3 N–H and O–H groups in total. The number of carbonyl (C=O) groups excluding carboxylic acids is 1. The first kappa shape index (κ1) is 14.0. The van der Waals surface area contributed by atoms with Gasteiger partial charge in [-0.3, -0.25) is 0 Å². The maximum atomic E-state index is 11.4. The second kappa shape index (κ2) is 7.27. The molecule has 1 atom stereocenters. The van der Waals surface area contributed by atoms with E-state index in [1.54, 1.807) is 24.3 Å². The van der Waals surface area contributed by atoms with E-state index in [1.807, 2.05) is 6.07 Å². The normalized spacial score (nSPS) is 11.4. The van der Waals surface area contributed by atoms with Gasteiger partial charge in [0.15, 0.2) is 0 Å². The highest BCUT2D eigenvalue weighted by atomic mass is 16.5. The smallest absolute Gasteiger partial charge is 0.319 e. The number of nitrogens with zero attached hydrogens (tertiary/aromatic N) is 1. The van der Waals surface area contributed by atoms with Crippen LogP contribution >= 0.6 is 0 Å². The van der Waals surface area contributed by atoms with Crippen LogP contribution in [0.1, 0.15) is 5.56 Å². The van der Waals surface area contributed by atoms with Crippen molar-refractivity contribution >= 4 is 11.7 Å². The number of nitriles is 1. The predicted octanol–water partition coefficient (Wildman–Crippen LogP) is 0.687. The molecular formula is C12H15N3O3. The lowest BCUT2D eigenvalue weighted by atomic mass is 10.2. The maximum Gasteiger partial charge on any atom is 0.319 e. The Bertz CT molecular complexity index is 425. The lowest BCUT2D eigenvalue weighted by Gasteiger charge is -2.11. The topological polar surface area (TPSA) is 94.4 Å². The quantitative estimate of drug-likeness (QED) is 0.715. The summed E-state index contributed by atoms with van der Waals surface area (Å²) < 4.78 is 4.73. The molecule has 1 aromatic rings. The number of carbonyl (C=O) groups is 1. The second-order valence-corrected chi connectivity index (χ2v) is 3.63. The molecule has 6 heteroatoms. The standard InChI is InChI=1S/C12H15N3O3/c1-18-8-11(16)7-14-12(17)15-10-4-2-9(6-13)3-5-10/h2-5,11,16H,7-8H2,1H3,(H2,14,15,17). The Morgan fingerprint density at radius 3 is 2.72 bits per heavy atom. The van der Waals surface area contributed by atoms with Crippen LogP contribution in [0.2, 0.25) is 0 Å². The summed E-state index contributed by atoms with van der Waals surface area (Å²) in [6, 6.07) is 8.04. The Hall–Kier alpha value is -2.10. The van der Waals surface area contributed by atoms with Gasteiger partial charge >= 0.3 is 6.03 Å². The molecule has 2 amide bonds. The zero-order valence-electron chi connectivity index (χ0n) is 10.0. The molecule has 0 saturated carbocycles. The lowest BCUT2D eigenvalue weighted by molar-refractivity contribution is 0.0663. The summed E-state index contributed by atoms with van der Waals surface area (Å²) in [5.74, 6) is 0. The summed E-state index contributed by atoms with van der Waals surface area (Å²) in [5.41, 5.74) is 1.10. The van der Waals surface area contributed by atoms with E-state index in [2.05, 4.69) is 10.6 Å². The first-order chi connectivity index (χ1) is 8.65. The number of aliphatic hydroxyl groups excluding tert-OH is 1. The van der Waals surface area contributed by atoms with Crippen molar-refractivity contribution in [2.75, 3.05) is 25.6 Å². The molecule has 0 aliphatic heterocycles. The van der Waals surface area contributed by atoms with Gasteiger partial charge in [0.2, 0.25) is 0 Å². The van der Waals surface area contributed by atoms with Gasteiger partial charge in [0.1, 0.15) is 0 Å². The van der Waals surface area contributed by atoms with E-state index < -0.39 is 12.1 Å². The first-order valence-corrected chi connectivity index (χ1v) is 5.37. The summed E-state index contributed by atoms with van der Waals surface area (Å²) in [6.45, 7) is 0.271. The number of amides is 2. The molecule has 1 aromatic carbocycles. The van der Waals surface area contributed by atoms with Crippen molar-refractivity contribution in [3.05, 3.63) is 29.8 Å². The van der Waals surface area contributed by atoms with Gasteiger partial charge in [-0.2, -0.15) is 5.26 Å². The molecule has 0 saturated heterocycles. The van der Waals surface area contributed by atoms with E-state index in [0.29, 0.717) is 11.3 Å². The Kier molecular flexibility index (Phi) is 5.64. The number of anilines is 1. The van der Waals surface area contributed by atoms with Crippen LogP contribution in [0, 0.1) is 11.3 Å². The van der Waals surface area contributed by atoms with E-state index in [1.165, 1.54) is 7.11 Å². The maximum absolute atomic E-state index is 11.4. The molecule has 0 aliphatic carbocycles. The van der Waals surface area contributed by atoms with Crippen molar-refractivity contribution in [3.8, 4) is 6.07 Å². The summed E-state index contributed by atoms with van der Waals surface area (Å²) in [4.78, 5) is 11.4. The zero-order valence-corrected chi connectivity index (χ0v) is 10.0. The molecular weight excluding hydrogens is 234 g/mol. The minimum absolute atomic E-state index is 0.107. The van der Waals surface area contributed by atoms with Crippen LogP contribution in [0.15, 0.2) is 24.3 Å². The molecule has 1 unspecified atom stereocenters. The number of benzene rings is 1. The highest BCUT2D eigenvalue weighted by molar-refractivity contribution is 5.89. The summed E-state index contributed by atoms with van der Waals surface area (Å²) in [7, 11) is 1.47. The van der Waals surface area contributed by atoms with E-state index in [9.17, 15) is 9.90 Å². The number of ether oxygens (including phenoxy) is 1. The van der Waals surface area contributed by atoms with Crippen molar-refractivity contribution in [2.45, 2.75) is 6.10 Å². The fraction of sp³-hybridized carbons (Fsp3) is 0.333. The number of nitrogens with one attached hydrogen (secondary N) is 2. The fourth-order valence-corrected chi connectivity index (χ4v) is 1.27. The van der Waals surface area contributed by atoms with Crippen LogP contribution in [0.25, 0.3) is 0 Å². The van der Waals surface area contributed by atoms with Crippen molar-refractivity contribution < 1.29 is 14.6 Å². The van der Waals surface area contributed by atoms with Crippen molar-refractivity contribution in [3.63, 3.8) is 0 Å². The van der Waals surface area contributed by atoms with Gasteiger partial charge in [0, 0.05) is 19.3 Å². The van der Waals surface area contributed by atoms with Gasteiger partial charge in [0.05, 0.1) is 24.3 Å². The Morgan fingerprint density at radius 1 is 1.50 bits per heavy atom. The highest BCUT2D eigenvalue weighted by Gasteiger charge is 2.06. The third-order valence-corrected chi connectivity index (χ3v) is 2.13. The van der Waals surface area contributed by atoms with Gasteiger partial charge in [-0.15, -0.1) is 0 Å². The molecule has 1 rings (SSSR count). The van der Waals surface area contributed by atoms with Crippen molar-refractivity contribution in [2.24, 2.45) is 0 Å². The molecule has 0 radical (unpaired) electrons. The molecule has 96 valence electrons. The van der Waals surface area contributed by atoms with E-state index in [0.717, 1.165) is 0 Å². The van der Waals surface area contributed by atoms with Gasteiger partial charge in [-0.05, 0) is 24.3 Å². The minimum atomic E-state index is -0.735. The SMILES string of the molecule is COCC(O)CNC(=O)Nc1ccc(C#N)cc1. The molecule has 0 heterocycles. The van der Waals surface area contributed by atoms with Gasteiger partial charge in [0.25, 0.3) is 0 Å². The molecule has 0 aromatic heterocycles. The first-order valence-electron chi connectivity index (χ1n) is 5.37. The number of aliphatic hydroxyl groups is 1. The molecule has 0 bridgehead atoms. The van der Waals surface area contributed by atoms with Crippen molar-refractivity contribution in [1.82, 2.24) is 5.32 Å². The largest absolute Gasteiger partial charge is 0.389 e. The molecule has 0 aliphatic rings. The number of methoxy groups -OCH3 is 1. The number of hydrogen-bond donors (Lipinski definition) is 3. The van der Waals surface area contributed by atoms with Crippen LogP contribution in [0.4, 0.5) is 10.5 Å². The predicted molar refractivity (Wildman–Crippen MR) is 66.1 cm³/mol. The lowest BCUT2D eigenvalue weighted by Crippen LogP contribution is -2.36. The minimum Gasteiger partial charge on any atom is -0.389 e. The molecule has 0 spiro atoms. The summed E-state index contributed by atoms with van der Waals surface area (Å²) in [6.07, 6.45) is -0.735. The number of rotatable bonds is 5. The van der Waals surface area contributed by atoms with Crippen molar-refractivity contribution in [1.29, 1.82) is 5.26 Å². The van der Waals surface area contributed by atoms with E-state index in [4.69, 9.17) is 10.00 Å². The van der Waals surface area contributed by atoms with Crippen LogP contribution in [0.3, 0.4) is 0 Å². The van der Waals surface area contributed by atoms with Gasteiger partial charge in [-0.1, -0.05) is 0 Å². The Labute approximate surface area is 105 Å². The van der Waals surface area contributed by atoms with Crippen LogP contribution in [0.5, 0.6) is 0 Å². The van der Waals surface area contributed by atoms with Crippen LogP contribution < -0.4 is 10.6 Å². The van der Waals surface area contributed by atoms with E-state index >= 15 is 0 Å². The third-order valence-electron chi connectivity index (χ3n) is 2.13. The third kappa shape index (κ3) is 4.82. The Morgan fingerprint density at radius 2 is 2.17 bits per heavy atom. The van der Waals surface area contributed by atoms with Gasteiger partial charge < -0.3 is 20.5 Å². The second-order valence-electron chi connectivity index (χ2n) is 3.63. The molecule has 0 fully saturated rings. The average Bonchev–Trinajstić information content (AvgIpc) is 2.38. The molecule has 6 nitrogen and oxygen atoms in total. The summed E-state index contributed by atoms with van der Waals surface area (Å²) in [5, 5.41) is 23.0. The summed E-state index contributed by atoms with van der Waals surface area (Å²) >= 11 is 0. The Balaban J connectivity index is 2.37. The number of hydrogen-bond acceptors (Lipinski definition) is 4. The van der Waals surface area contributed by atoms with Crippen LogP contribution in [-0.2, 0) is 4.74 Å². The fourth-order valence-electron chi connectivity index (χ4n) is 1.27. The van der Waals surface area contributed by atoms with Crippen LogP contribution in [-0.4, -0.2) is 37.5 Å². The monoisotopic (exact) mass is 249 g/mol. The number of urea groups is 1. The zero-order chi connectivity index (χ0) is 13.4. The highest BCUT2D eigenvalue weighted by Crippen LogP contribution is 2.08.